The first-order valence-electron chi connectivity index (χ1n) is 5.50. The number of nitrogens with two attached hydrogens (primary N) is 2. The van der Waals surface area contributed by atoms with Gasteiger partial charge < -0.3 is 11.5 Å². The quantitative estimate of drug-likeness (QED) is 0.564. The summed E-state index contributed by atoms with van der Waals surface area (Å²) in [7, 11) is -3.49. The number of amides is 1. The number of guanidine groups is 1. The maximum Gasteiger partial charge on any atom is 0.280 e. The van der Waals surface area contributed by atoms with Gasteiger partial charge in [-0.15, -0.1) is 0 Å². The molecule has 7 heteroatoms. The van der Waals surface area contributed by atoms with Gasteiger partial charge in [0.15, 0.2) is 15.8 Å². The monoisotopic (exact) mass is 279 g/mol. The van der Waals surface area contributed by atoms with Gasteiger partial charge in [0, 0.05) is 11.0 Å². The number of benzene rings is 1. The highest BCUT2D eigenvalue weighted by Gasteiger charge is 2.22. The van der Waals surface area contributed by atoms with Gasteiger partial charge in [-0.3, -0.25) is 4.79 Å². The molecule has 0 spiro atoms. The van der Waals surface area contributed by atoms with Crippen molar-refractivity contribution >= 4 is 21.7 Å². The predicted octanol–water partition coefficient (Wildman–Crippen LogP) is 0.252. The van der Waals surface area contributed by atoms with Crippen molar-refractivity contribution in [2.45, 2.75) is 18.2 Å². The van der Waals surface area contributed by atoms with Crippen LogP contribution in [-0.4, -0.2) is 20.3 Å². The van der Waals surface area contributed by atoms with Gasteiger partial charge in [0.25, 0.3) is 5.91 Å². The number of aryl methyl sites for hydroxylation is 1. The minimum atomic E-state index is -3.49. The average Bonchev–Trinajstić information content (AvgIpc) is 2.26. The van der Waals surface area contributed by atoms with Crippen molar-refractivity contribution in [1.82, 2.24) is 0 Å². The third-order valence-electron chi connectivity index (χ3n) is 2.79. The molecule has 0 saturated heterocycles. The average molecular weight is 279 g/mol. The fourth-order valence-corrected chi connectivity index (χ4v) is 3.24. The van der Waals surface area contributed by atoms with E-state index >= 15 is 0 Å². The lowest BCUT2D eigenvalue weighted by Crippen LogP contribution is -2.24. The maximum absolute atomic E-state index is 11.9. The summed E-state index contributed by atoms with van der Waals surface area (Å²) in [5.74, 6) is -1.00. The van der Waals surface area contributed by atoms with Gasteiger partial charge in [-0.05, 0) is 30.5 Å². The van der Waals surface area contributed by atoms with E-state index in [-0.39, 0.29) is 16.4 Å². The first-order valence-corrected chi connectivity index (χ1v) is 7.05. The predicted molar refractivity (Wildman–Crippen MR) is 71.3 cm³/mol. The molecule has 0 aromatic heterocycles. The molecular formula is C12H13N3O3S. The molecule has 1 aromatic rings. The van der Waals surface area contributed by atoms with Crippen molar-refractivity contribution in [3.8, 4) is 0 Å². The number of nitrogens with zero attached hydrogens (tertiary/aromatic N) is 1. The lowest BCUT2D eigenvalue weighted by molar-refractivity contribution is 0.100. The molecule has 0 fully saturated rings. The number of allylic oxidation sites excluding steroid dienone is 1. The lowest BCUT2D eigenvalue weighted by Gasteiger charge is -2.14. The van der Waals surface area contributed by atoms with Crippen LogP contribution in [0.1, 0.15) is 21.5 Å². The van der Waals surface area contributed by atoms with E-state index in [0.29, 0.717) is 17.5 Å². The molecule has 1 heterocycles. The number of hydrogen-bond donors (Lipinski definition) is 2. The molecule has 0 saturated carbocycles. The van der Waals surface area contributed by atoms with Gasteiger partial charge >= 0.3 is 0 Å². The third kappa shape index (κ3) is 2.50. The van der Waals surface area contributed by atoms with Gasteiger partial charge in [0.05, 0.1) is 4.90 Å². The zero-order chi connectivity index (χ0) is 14.2. The van der Waals surface area contributed by atoms with Crippen LogP contribution in [0.2, 0.25) is 0 Å². The number of carbonyl (C=O) groups is 1. The van der Waals surface area contributed by atoms with Crippen molar-refractivity contribution in [3.63, 3.8) is 0 Å². The van der Waals surface area contributed by atoms with Gasteiger partial charge in [-0.25, -0.2) is 8.42 Å². The molecule has 4 N–H and O–H groups in total. The van der Waals surface area contributed by atoms with Crippen LogP contribution in [0.3, 0.4) is 0 Å². The number of hydrogen-bond acceptors (Lipinski definition) is 3. The van der Waals surface area contributed by atoms with Gasteiger partial charge in [0.2, 0.25) is 0 Å². The Hall–Kier alpha value is -2.15. The minimum absolute atomic E-state index is 0.134. The van der Waals surface area contributed by atoms with Crippen molar-refractivity contribution < 1.29 is 13.2 Å². The Morgan fingerprint density at radius 2 is 2.00 bits per heavy atom. The number of carbonyl (C=O) groups excluding carboxylic acids is 1. The molecule has 1 aromatic carbocycles. The molecule has 0 atom stereocenters. The van der Waals surface area contributed by atoms with Crippen LogP contribution < -0.4 is 11.5 Å². The Morgan fingerprint density at radius 1 is 1.32 bits per heavy atom. The Kier molecular flexibility index (Phi) is 3.15. The van der Waals surface area contributed by atoms with Crippen molar-refractivity contribution in [3.05, 3.63) is 40.3 Å². The molecule has 1 aliphatic rings. The summed E-state index contributed by atoms with van der Waals surface area (Å²) in [5.41, 5.74) is 11.8. The molecule has 1 amide bonds. The fourth-order valence-electron chi connectivity index (χ4n) is 1.96. The largest absolute Gasteiger partial charge is 0.370 e. The van der Waals surface area contributed by atoms with E-state index in [1.165, 1.54) is 6.07 Å². The third-order valence-corrected chi connectivity index (χ3v) is 4.33. The van der Waals surface area contributed by atoms with Crippen LogP contribution >= 0.6 is 0 Å². The molecule has 0 aliphatic carbocycles. The van der Waals surface area contributed by atoms with Crippen molar-refractivity contribution in [2.24, 2.45) is 16.5 Å². The number of rotatable bonds is 1. The molecule has 1 aliphatic heterocycles. The van der Waals surface area contributed by atoms with E-state index in [9.17, 15) is 13.2 Å². The minimum Gasteiger partial charge on any atom is -0.370 e. The van der Waals surface area contributed by atoms with E-state index in [4.69, 9.17) is 11.5 Å². The van der Waals surface area contributed by atoms with E-state index in [2.05, 4.69) is 4.99 Å². The second-order valence-electron chi connectivity index (χ2n) is 4.24. The number of sulfone groups is 1. The highest BCUT2D eigenvalue weighted by molar-refractivity contribution is 7.94. The lowest BCUT2D eigenvalue weighted by atomic mass is 10.0. The molecule has 2 rings (SSSR count). The summed E-state index contributed by atoms with van der Waals surface area (Å²) >= 11 is 0. The summed E-state index contributed by atoms with van der Waals surface area (Å²) in [4.78, 5) is 15.4. The van der Waals surface area contributed by atoms with Gasteiger partial charge in [-0.1, -0.05) is 12.1 Å². The fraction of sp³-hybridized carbons (Fsp3) is 0.167. The molecule has 6 nitrogen and oxygen atoms in total. The first kappa shape index (κ1) is 13.3. The molecule has 0 bridgehead atoms. The van der Waals surface area contributed by atoms with Crippen LogP contribution in [-0.2, 0) is 16.3 Å². The molecule has 19 heavy (non-hydrogen) atoms. The topological polar surface area (TPSA) is 116 Å². The van der Waals surface area contributed by atoms with Crippen LogP contribution in [0.15, 0.2) is 33.5 Å². The molecular weight excluding hydrogens is 266 g/mol. The van der Waals surface area contributed by atoms with E-state index < -0.39 is 15.7 Å². The van der Waals surface area contributed by atoms with E-state index in [0.717, 1.165) is 5.41 Å². The smallest absolute Gasteiger partial charge is 0.280 e. The SMILES string of the molecule is Cc1cc2c(cc1C(=O)N=C(N)N)S(=O)(=O)C=CC2. The Labute approximate surface area is 110 Å². The number of aliphatic imine (C=N–C) groups is 1. The Morgan fingerprint density at radius 3 is 2.63 bits per heavy atom. The summed E-state index contributed by atoms with van der Waals surface area (Å²) in [6.07, 6.45) is 2.10. The zero-order valence-corrected chi connectivity index (χ0v) is 11.1. The van der Waals surface area contributed by atoms with Crippen LogP contribution in [0, 0.1) is 6.92 Å². The van der Waals surface area contributed by atoms with Crippen molar-refractivity contribution in [2.75, 3.05) is 0 Å². The van der Waals surface area contributed by atoms with Gasteiger partial charge in [0.1, 0.15) is 0 Å². The van der Waals surface area contributed by atoms with Gasteiger partial charge in [-0.2, -0.15) is 4.99 Å². The highest BCUT2D eigenvalue weighted by atomic mass is 32.2. The Bertz CT molecular complexity index is 714. The molecule has 0 radical (unpaired) electrons. The standard InChI is InChI=1S/C12H13N3O3S/c1-7-5-8-3-2-4-19(17,18)10(8)6-9(7)11(16)15-12(13)14/h2,4-6H,3H2,1H3,(H4,13,14,15,16). The first-order chi connectivity index (χ1) is 8.81. The highest BCUT2D eigenvalue weighted by Crippen LogP contribution is 2.27. The number of fused-ring (bicyclic) bond motifs is 1. The van der Waals surface area contributed by atoms with Crippen LogP contribution in [0.5, 0.6) is 0 Å². The van der Waals surface area contributed by atoms with Crippen LogP contribution in [0.25, 0.3) is 0 Å². The normalized spacial score (nSPS) is 15.6. The second kappa shape index (κ2) is 4.51. The maximum atomic E-state index is 11.9. The Balaban J connectivity index is 2.62. The zero-order valence-electron chi connectivity index (χ0n) is 10.3. The second-order valence-corrected chi connectivity index (χ2v) is 6.04. The van der Waals surface area contributed by atoms with E-state index in [1.54, 1.807) is 19.1 Å². The summed E-state index contributed by atoms with van der Waals surface area (Å²) in [6.45, 7) is 1.71. The summed E-state index contributed by atoms with van der Waals surface area (Å²) in [5, 5.41) is 1.14. The molecule has 100 valence electrons. The van der Waals surface area contributed by atoms with Crippen molar-refractivity contribution in [1.29, 1.82) is 0 Å². The summed E-state index contributed by atoms with van der Waals surface area (Å²) < 4.78 is 23.8. The summed E-state index contributed by atoms with van der Waals surface area (Å²) in [6, 6.07) is 3.00. The molecule has 0 unspecified atom stereocenters. The van der Waals surface area contributed by atoms with Crippen LogP contribution in [0.4, 0.5) is 0 Å². The van der Waals surface area contributed by atoms with E-state index in [1.807, 2.05) is 0 Å².